The first kappa shape index (κ1) is 17.9. The van der Waals surface area contributed by atoms with Crippen molar-refractivity contribution < 1.29 is 0 Å². The SMILES string of the molecule is Cn1c2c(cc(-c3c(Cl)cccc3Cl)c1=O)C=NC(N=C1CC=NCC1)N2. The lowest BCUT2D eigenvalue weighted by Crippen LogP contribution is -2.30. The van der Waals surface area contributed by atoms with Gasteiger partial charge in [0.25, 0.3) is 5.56 Å². The minimum absolute atomic E-state index is 0.192. The normalized spacial score (nSPS) is 19.8. The molecule has 1 unspecified atom stereocenters. The van der Waals surface area contributed by atoms with Crippen molar-refractivity contribution in [2.75, 3.05) is 11.9 Å². The average Bonchev–Trinajstić information content (AvgIpc) is 2.67. The Morgan fingerprint density at radius 1 is 1.30 bits per heavy atom. The summed E-state index contributed by atoms with van der Waals surface area (Å²) in [6, 6.07) is 6.94. The molecule has 27 heavy (non-hydrogen) atoms. The number of halogens is 2. The standard InChI is InChI=1S/C19H17Cl2N5O/c1-26-17-11(10-23-19(25-17)24-12-5-7-22-8-6-12)9-13(18(26)27)16-14(20)3-2-4-15(16)21/h2-4,7,9-10,19,25H,5-6,8H2,1H3. The molecule has 2 aliphatic heterocycles. The van der Waals surface area contributed by atoms with Gasteiger partial charge in [-0.2, -0.15) is 0 Å². The van der Waals surface area contributed by atoms with Gasteiger partial charge in [-0.1, -0.05) is 29.3 Å². The maximum absolute atomic E-state index is 13.0. The maximum Gasteiger partial charge on any atom is 0.259 e. The number of aliphatic imine (C=N–C) groups is 3. The zero-order valence-corrected chi connectivity index (χ0v) is 16.1. The van der Waals surface area contributed by atoms with E-state index in [0.29, 0.717) is 27.0 Å². The summed E-state index contributed by atoms with van der Waals surface area (Å²) in [4.78, 5) is 26.3. The molecule has 0 amide bonds. The van der Waals surface area contributed by atoms with Crippen LogP contribution >= 0.6 is 23.2 Å². The van der Waals surface area contributed by atoms with Gasteiger partial charge in [-0.3, -0.25) is 14.4 Å². The fourth-order valence-corrected chi connectivity index (χ4v) is 3.80. The van der Waals surface area contributed by atoms with Crippen molar-refractivity contribution in [2.24, 2.45) is 22.0 Å². The lowest BCUT2D eigenvalue weighted by atomic mass is 10.0. The van der Waals surface area contributed by atoms with E-state index in [4.69, 9.17) is 23.2 Å². The van der Waals surface area contributed by atoms with Gasteiger partial charge in [0.1, 0.15) is 5.82 Å². The summed E-state index contributed by atoms with van der Waals surface area (Å²) in [5.74, 6) is 0.667. The Kier molecular flexibility index (Phi) is 4.85. The number of rotatable bonds is 2. The van der Waals surface area contributed by atoms with Crippen LogP contribution in [0.3, 0.4) is 0 Å². The fraction of sp³-hybridized carbons (Fsp3) is 0.263. The Morgan fingerprint density at radius 2 is 2.07 bits per heavy atom. The van der Waals surface area contributed by atoms with E-state index in [1.807, 2.05) is 6.21 Å². The summed E-state index contributed by atoms with van der Waals surface area (Å²) >= 11 is 12.6. The van der Waals surface area contributed by atoms with Crippen LogP contribution in [-0.2, 0) is 7.05 Å². The van der Waals surface area contributed by atoms with Gasteiger partial charge >= 0.3 is 0 Å². The molecule has 4 rings (SSSR count). The molecule has 1 aromatic carbocycles. The molecule has 3 heterocycles. The summed E-state index contributed by atoms with van der Waals surface area (Å²) in [6.45, 7) is 0.756. The van der Waals surface area contributed by atoms with Gasteiger partial charge in [0.15, 0.2) is 0 Å². The number of hydrogen-bond acceptors (Lipinski definition) is 5. The minimum atomic E-state index is -0.445. The third-order valence-electron chi connectivity index (χ3n) is 4.59. The topological polar surface area (TPSA) is 71.1 Å². The van der Waals surface area contributed by atoms with E-state index < -0.39 is 6.29 Å². The van der Waals surface area contributed by atoms with Gasteiger partial charge in [0, 0.05) is 55.7 Å². The molecule has 2 aliphatic rings. The van der Waals surface area contributed by atoms with Crippen LogP contribution in [0, 0.1) is 0 Å². The molecular formula is C19H17Cl2N5O. The van der Waals surface area contributed by atoms with Crippen LogP contribution in [0.5, 0.6) is 0 Å². The zero-order valence-electron chi connectivity index (χ0n) is 14.6. The molecule has 0 bridgehead atoms. The van der Waals surface area contributed by atoms with Crippen LogP contribution in [0.25, 0.3) is 11.1 Å². The van der Waals surface area contributed by atoms with Crippen LogP contribution in [0.15, 0.2) is 44.0 Å². The fourth-order valence-electron chi connectivity index (χ4n) is 3.20. The lowest BCUT2D eigenvalue weighted by molar-refractivity contribution is 0.756. The molecule has 1 atom stereocenters. The highest BCUT2D eigenvalue weighted by atomic mass is 35.5. The zero-order chi connectivity index (χ0) is 19.0. The third kappa shape index (κ3) is 3.42. The quantitative estimate of drug-likeness (QED) is 0.830. The van der Waals surface area contributed by atoms with Gasteiger partial charge in [-0.15, -0.1) is 0 Å². The van der Waals surface area contributed by atoms with Gasteiger partial charge in [-0.25, -0.2) is 9.98 Å². The minimum Gasteiger partial charge on any atom is -0.331 e. The number of aromatic nitrogens is 1. The number of hydrogen-bond donors (Lipinski definition) is 1. The lowest BCUT2D eigenvalue weighted by Gasteiger charge is -2.23. The summed E-state index contributed by atoms with van der Waals surface area (Å²) in [7, 11) is 1.71. The van der Waals surface area contributed by atoms with E-state index in [-0.39, 0.29) is 5.56 Å². The Morgan fingerprint density at radius 3 is 2.78 bits per heavy atom. The van der Waals surface area contributed by atoms with Crippen molar-refractivity contribution in [3.05, 3.63) is 50.2 Å². The predicted molar refractivity (Wildman–Crippen MR) is 112 cm³/mol. The monoisotopic (exact) mass is 401 g/mol. The van der Waals surface area contributed by atoms with Crippen LogP contribution in [-0.4, -0.2) is 35.5 Å². The molecule has 0 radical (unpaired) electrons. The van der Waals surface area contributed by atoms with E-state index in [1.54, 1.807) is 42.1 Å². The van der Waals surface area contributed by atoms with Crippen molar-refractivity contribution in [1.82, 2.24) is 4.57 Å². The van der Waals surface area contributed by atoms with Gasteiger partial charge in [-0.05, 0) is 18.2 Å². The summed E-state index contributed by atoms with van der Waals surface area (Å²) in [6.07, 6.45) is 4.73. The average molecular weight is 402 g/mol. The van der Waals surface area contributed by atoms with Crippen molar-refractivity contribution >= 4 is 47.2 Å². The molecule has 1 N–H and O–H groups in total. The van der Waals surface area contributed by atoms with Crippen molar-refractivity contribution in [2.45, 2.75) is 19.1 Å². The second-order valence-corrected chi connectivity index (χ2v) is 7.17. The van der Waals surface area contributed by atoms with E-state index in [9.17, 15) is 4.79 Å². The van der Waals surface area contributed by atoms with Crippen molar-refractivity contribution in [3.8, 4) is 11.1 Å². The Hall–Kier alpha value is -2.44. The second-order valence-electron chi connectivity index (χ2n) is 6.36. The maximum atomic E-state index is 13.0. The van der Waals surface area contributed by atoms with Crippen LogP contribution < -0.4 is 10.9 Å². The molecular weight excluding hydrogens is 385 g/mol. The van der Waals surface area contributed by atoms with Gasteiger partial charge in [0.05, 0.1) is 15.6 Å². The molecule has 2 aromatic rings. The molecule has 0 saturated carbocycles. The van der Waals surface area contributed by atoms with Crippen LogP contribution in [0.1, 0.15) is 18.4 Å². The summed E-state index contributed by atoms with van der Waals surface area (Å²) in [5.41, 5.74) is 2.61. The molecule has 0 spiro atoms. The third-order valence-corrected chi connectivity index (χ3v) is 5.22. The Labute approximate surface area is 166 Å². The smallest absolute Gasteiger partial charge is 0.259 e. The molecule has 0 fully saturated rings. The molecule has 138 valence electrons. The number of anilines is 1. The highest BCUT2D eigenvalue weighted by Gasteiger charge is 2.21. The van der Waals surface area contributed by atoms with Gasteiger partial charge in [0.2, 0.25) is 6.29 Å². The Bertz CT molecular complexity index is 1030. The van der Waals surface area contributed by atoms with E-state index in [2.05, 4.69) is 20.3 Å². The molecule has 6 nitrogen and oxygen atoms in total. The summed E-state index contributed by atoms with van der Waals surface area (Å²) < 4.78 is 1.55. The number of fused-ring (bicyclic) bond motifs is 1. The molecule has 0 aliphatic carbocycles. The number of nitrogens with one attached hydrogen (secondary N) is 1. The highest BCUT2D eigenvalue weighted by molar-refractivity contribution is 6.39. The van der Waals surface area contributed by atoms with E-state index in [1.165, 1.54) is 0 Å². The van der Waals surface area contributed by atoms with E-state index in [0.717, 1.165) is 30.7 Å². The molecule has 1 aromatic heterocycles. The highest BCUT2D eigenvalue weighted by Crippen LogP contribution is 2.34. The van der Waals surface area contributed by atoms with Gasteiger partial charge < -0.3 is 5.32 Å². The number of benzene rings is 1. The summed E-state index contributed by atoms with van der Waals surface area (Å²) in [5, 5.41) is 4.10. The van der Waals surface area contributed by atoms with Crippen molar-refractivity contribution in [3.63, 3.8) is 0 Å². The number of nitrogens with zero attached hydrogens (tertiary/aromatic N) is 4. The van der Waals surface area contributed by atoms with Crippen molar-refractivity contribution in [1.29, 1.82) is 0 Å². The first-order valence-corrected chi connectivity index (χ1v) is 9.32. The largest absolute Gasteiger partial charge is 0.331 e. The number of pyridine rings is 1. The van der Waals surface area contributed by atoms with Crippen LogP contribution in [0.2, 0.25) is 10.0 Å². The first-order chi connectivity index (χ1) is 13.0. The molecule has 0 saturated heterocycles. The predicted octanol–water partition coefficient (Wildman–Crippen LogP) is 3.79. The first-order valence-electron chi connectivity index (χ1n) is 8.56. The molecule has 8 heteroatoms. The van der Waals surface area contributed by atoms with E-state index >= 15 is 0 Å². The Balaban J connectivity index is 1.75. The van der Waals surface area contributed by atoms with Crippen LogP contribution in [0.4, 0.5) is 5.82 Å². The second kappa shape index (κ2) is 7.29.